The highest BCUT2D eigenvalue weighted by Crippen LogP contribution is 2.32. The molecule has 0 saturated carbocycles. The SMILES string of the molecule is CNc1nc(Cc2cc(F)cc(F)c2)nc2c1CSC2. The van der Waals surface area contributed by atoms with Crippen LogP contribution >= 0.6 is 11.8 Å². The summed E-state index contributed by atoms with van der Waals surface area (Å²) in [5.74, 6) is 2.00. The standard InChI is InChI=1S/C14H13F2N3S/c1-17-14-11-6-20-7-12(11)18-13(19-14)4-8-2-9(15)5-10(16)3-8/h2-3,5H,4,6-7H2,1H3,(H,17,18,19). The first-order valence-corrected chi connectivity index (χ1v) is 7.40. The zero-order valence-electron chi connectivity index (χ0n) is 10.9. The number of nitrogens with one attached hydrogen (secondary N) is 1. The van der Waals surface area contributed by atoms with Crippen molar-refractivity contribution in [2.45, 2.75) is 17.9 Å². The summed E-state index contributed by atoms with van der Waals surface area (Å²) in [5, 5.41) is 3.06. The molecule has 3 nitrogen and oxygen atoms in total. The maximum absolute atomic E-state index is 13.2. The van der Waals surface area contributed by atoms with Crippen molar-refractivity contribution < 1.29 is 8.78 Å². The molecule has 1 aromatic carbocycles. The lowest BCUT2D eigenvalue weighted by atomic mass is 10.1. The minimum atomic E-state index is -0.578. The summed E-state index contributed by atoms with van der Waals surface area (Å²) in [6, 6.07) is 3.49. The molecule has 0 amide bonds. The number of hydrogen-bond acceptors (Lipinski definition) is 4. The lowest BCUT2D eigenvalue weighted by Gasteiger charge is -2.09. The number of nitrogens with zero attached hydrogens (tertiary/aromatic N) is 2. The molecule has 0 saturated heterocycles. The fraction of sp³-hybridized carbons (Fsp3) is 0.286. The molecule has 2 aromatic rings. The molecule has 0 bridgehead atoms. The monoisotopic (exact) mass is 293 g/mol. The highest BCUT2D eigenvalue weighted by atomic mass is 32.2. The molecule has 0 unspecified atom stereocenters. The topological polar surface area (TPSA) is 37.8 Å². The first kappa shape index (κ1) is 13.3. The van der Waals surface area contributed by atoms with Crippen LogP contribution in [0.2, 0.25) is 0 Å². The molecular formula is C14H13F2N3S. The Bertz CT molecular complexity index is 641. The van der Waals surface area contributed by atoms with Crippen molar-refractivity contribution in [1.82, 2.24) is 9.97 Å². The Morgan fingerprint density at radius 1 is 1.15 bits per heavy atom. The fourth-order valence-electron chi connectivity index (χ4n) is 2.28. The van der Waals surface area contributed by atoms with Crippen LogP contribution < -0.4 is 5.32 Å². The number of benzene rings is 1. The Labute approximate surface area is 119 Å². The molecule has 0 atom stereocenters. The Hall–Kier alpha value is -1.69. The van der Waals surface area contributed by atoms with Crippen LogP contribution in [0.25, 0.3) is 0 Å². The van der Waals surface area contributed by atoms with Crippen molar-refractivity contribution in [2.75, 3.05) is 12.4 Å². The molecule has 104 valence electrons. The molecule has 1 aliphatic heterocycles. The Kier molecular flexibility index (Phi) is 3.56. The molecule has 6 heteroatoms. The van der Waals surface area contributed by atoms with E-state index in [1.165, 1.54) is 12.1 Å². The lowest BCUT2D eigenvalue weighted by molar-refractivity contribution is 0.580. The predicted molar refractivity (Wildman–Crippen MR) is 75.7 cm³/mol. The van der Waals surface area contributed by atoms with Crippen molar-refractivity contribution in [3.8, 4) is 0 Å². The Morgan fingerprint density at radius 2 is 1.90 bits per heavy atom. The first-order chi connectivity index (χ1) is 9.65. The van der Waals surface area contributed by atoms with E-state index in [1.54, 1.807) is 11.8 Å². The van der Waals surface area contributed by atoms with E-state index in [0.717, 1.165) is 34.6 Å². The van der Waals surface area contributed by atoms with Gasteiger partial charge in [-0.1, -0.05) is 0 Å². The van der Waals surface area contributed by atoms with Crippen LogP contribution in [-0.4, -0.2) is 17.0 Å². The Morgan fingerprint density at radius 3 is 2.60 bits per heavy atom. The van der Waals surface area contributed by atoms with Gasteiger partial charge in [-0.05, 0) is 17.7 Å². The van der Waals surface area contributed by atoms with E-state index < -0.39 is 11.6 Å². The van der Waals surface area contributed by atoms with Gasteiger partial charge in [-0.3, -0.25) is 0 Å². The van der Waals surface area contributed by atoms with Crippen LogP contribution in [0.3, 0.4) is 0 Å². The predicted octanol–water partition coefficient (Wildman–Crippen LogP) is 3.13. The van der Waals surface area contributed by atoms with Gasteiger partial charge >= 0.3 is 0 Å². The molecule has 3 rings (SSSR count). The molecule has 0 radical (unpaired) electrons. The lowest BCUT2D eigenvalue weighted by Crippen LogP contribution is -2.06. The zero-order chi connectivity index (χ0) is 14.1. The molecule has 0 aliphatic carbocycles. The highest BCUT2D eigenvalue weighted by molar-refractivity contribution is 7.98. The fourth-order valence-corrected chi connectivity index (χ4v) is 3.33. The van der Waals surface area contributed by atoms with Gasteiger partial charge in [0.05, 0.1) is 5.69 Å². The van der Waals surface area contributed by atoms with Gasteiger partial charge in [0.1, 0.15) is 23.3 Å². The highest BCUT2D eigenvalue weighted by Gasteiger charge is 2.19. The second kappa shape index (κ2) is 5.36. The van der Waals surface area contributed by atoms with Crippen LogP contribution in [0.5, 0.6) is 0 Å². The van der Waals surface area contributed by atoms with E-state index in [4.69, 9.17) is 0 Å². The number of rotatable bonds is 3. The van der Waals surface area contributed by atoms with E-state index in [-0.39, 0.29) is 0 Å². The van der Waals surface area contributed by atoms with Gasteiger partial charge in [-0.15, -0.1) is 0 Å². The van der Waals surface area contributed by atoms with E-state index in [1.807, 2.05) is 7.05 Å². The third-order valence-corrected chi connectivity index (χ3v) is 4.12. The average molecular weight is 293 g/mol. The maximum Gasteiger partial charge on any atom is 0.135 e. The third kappa shape index (κ3) is 2.60. The van der Waals surface area contributed by atoms with E-state index in [9.17, 15) is 8.78 Å². The summed E-state index contributed by atoms with van der Waals surface area (Å²) in [5.41, 5.74) is 2.68. The molecule has 2 heterocycles. The number of halogens is 2. The Balaban J connectivity index is 1.95. The number of aromatic nitrogens is 2. The molecule has 0 spiro atoms. The summed E-state index contributed by atoms with van der Waals surface area (Å²) in [6.45, 7) is 0. The van der Waals surface area contributed by atoms with Crippen molar-refractivity contribution >= 4 is 17.6 Å². The molecule has 1 aromatic heterocycles. The quantitative estimate of drug-likeness (QED) is 0.943. The normalized spacial score (nSPS) is 13.3. The molecular weight excluding hydrogens is 280 g/mol. The minimum Gasteiger partial charge on any atom is -0.373 e. The van der Waals surface area contributed by atoms with Crippen LogP contribution in [0, 0.1) is 11.6 Å². The number of anilines is 1. The van der Waals surface area contributed by atoms with Gasteiger partial charge in [0, 0.05) is 36.6 Å². The number of thioether (sulfide) groups is 1. The number of hydrogen-bond donors (Lipinski definition) is 1. The maximum atomic E-state index is 13.2. The van der Waals surface area contributed by atoms with Gasteiger partial charge in [0.25, 0.3) is 0 Å². The zero-order valence-corrected chi connectivity index (χ0v) is 11.7. The van der Waals surface area contributed by atoms with Crippen LogP contribution in [0.4, 0.5) is 14.6 Å². The summed E-state index contributed by atoms with van der Waals surface area (Å²) >= 11 is 1.79. The van der Waals surface area contributed by atoms with Crippen LogP contribution in [0.1, 0.15) is 22.6 Å². The van der Waals surface area contributed by atoms with Crippen molar-refractivity contribution in [3.05, 3.63) is 52.5 Å². The molecule has 1 N–H and O–H groups in total. The number of fused-ring (bicyclic) bond motifs is 1. The summed E-state index contributed by atoms with van der Waals surface area (Å²) in [7, 11) is 1.82. The van der Waals surface area contributed by atoms with Gasteiger partial charge in [-0.25, -0.2) is 18.7 Å². The summed E-state index contributed by atoms with van der Waals surface area (Å²) in [6.07, 6.45) is 0.321. The van der Waals surface area contributed by atoms with Gasteiger partial charge in [0.2, 0.25) is 0 Å². The summed E-state index contributed by atoms with van der Waals surface area (Å²) < 4.78 is 26.4. The second-order valence-electron chi connectivity index (χ2n) is 4.61. The third-order valence-electron chi connectivity index (χ3n) is 3.15. The van der Waals surface area contributed by atoms with Crippen molar-refractivity contribution in [2.24, 2.45) is 0 Å². The molecule has 1 aliphatic rings. The largest absolute Gasteiger partial charge is 0.373 e. The molecule has 20 heavy (non-hydrogen) atoms. The van der Waals surface area contributed by atoms with E-state index in [2.05, 4.69) is 15.3 Å². The van der Waals surface area contributed by atoms with E-state index >= 15 is 0 Å². The second-order valence-corrected chi connectivity index (χ2v) is 5.60. The van der Waals surface area contributed by atoms with Gasteiger partial charge in [0.15, 0.2) is 0 Å². The molecule has 0 fully saturated rings. The van der Waals surface area contributed by atoms with Crippen LogP contribution in [-0.2, 0) is 17.9 Å². The van der Waals surface area contributed by atoms with Crippen LogP contribution in [0.15, 0.2) is 18.2 Å². The van der Waals surface area contributed by atoms with E-state index in [0.29, 0.717) is 17.8 Å². The minimum absolute atomic E-state index is 0.321. The van der Waals surface area contributed by atoms with Crippen molar-refractivity contribution in [3.63, 3.8) is 0 Å². The van der Waals surface area contributed by atoms with Crippen molar-refractivity contribution in [1.29, 1.82) is 0 Å². The van der Waals surface area contributed by atoms with Gasteiger partial charge < -0.3 is 5.32 Å². The average Bonchev–Trinajstić information content (AvgIpc) is 2.84. The van der Waals surface area contributed by atoms with Gasteiger partial charge in [-0.2, -0.15) is 11.8 Å². The smallest absolute Gasteiger partial charge is 0.135 e. The first-order valence-electron chi connectivity index (χ1n) is 6.25. The summed E-state index contributed by atoms with van der Waals surface area (Å²) in [4.78, 5) is 8.94.